The number of rotatable bonds is 5. The van der Waals surface area contributed by atoms with E-state index in [1.54, 1.807) is 12.1 Å². The summed E-state index contributed by atoms with van der Waals surface area (Å²) in [6.07, 6.45) is 2.76. The Balaban J connectivity index is 1.42. The van der Waals surface area contributed by atoms with Gasteiger partial charge in [-0.05, 0) is 30.9 Å². The van der Waals surface area contributed by atoms with E-state index in [0.717, 1.165) is 32.1 Å². The molecular formula is C16H23N3O2. The van der Waals surface area contributed by atoms with Gasteiger partial charge in [-0.25, -0.2) is 0 Å². The minimum absolute atomic E-state index is 0.0457. The van der Waals surface area contributed by atoms with Gasteiger partial charge in [-0.1, -0.05) is 12.1 Å². The van der Waals surface area contributed by atoms with Crippen LogP contribution in [0.3, 0.4) is 0 Å². The summed E-state index contributed by atoms with van der Waals surface area (Å²) >= 11 is 0. The largest absolute Gasteiger partial charge is 0.482 e. The average molecular weight is 289 g/mol. The molecule has 1 aromatic rings. The zero-order valence-corrected chi connectivity index (χ0v) is 12.3. The normalized spacial score (nSPS) is 19.5. The summed E-state index contributed by atoms with van der Waals surface area (Å²) in [5.41, 5.74) is 6.37. The van der Waals surface area contributed by atoms with Crippen molar-refractivity contribution in [2.45, 2.75) is 12.8 Å². The van der Waals surface area contributed by atoms with E-state index < -0.39 is 0 Å². The summed E-state index contributed by atoms with van der Waals surface area (Å²) in [6, 6.07) is 7.27. The first-order valence-electron chi connectivity index (χ1n) is 7.70. The predicted molar refractivity (Wildman–Crippen MR) is 82.1 cm³/mol. The molecular weight excluding hydrogens is 266 g/mol. The maximum atomic E-state index is 12.2. The number of amides is 1. The van der Waals surface area contributed by atoms with E-state index in [4.69, 9.17) is 10.5 Å². The zero-order valence-electron chi connectivity index (χ0n) is 12.3. The molecule has 1 aliphatic carbocycles. The molecule has 1 saturated carbocycles. The van der Waals surface area contributed by atoms with E-state index in [-0.39, 0.29) is 12.5 Å². The van der Waals surface area contributed by atoms with Gasteiger partial charge in [-0.2, -0.15) is 0 Å². The van der Waals surface area contributed by atoms with E-state index >= 15 is 0 Å². The SMILES string of the molecule is Nc1ccccc1OCC(=O)N1CCN(CC2CC2)CC1. The first-order valence-corrected chi connectivity index (χ1v) is 7.70. The van der Waals surface area contributed by atoms with Crippen molar-refractivity contribution in [1.82, 2.24) is 9.80 Å². The Morgan fingerprint density at radius 1 is 1.19 bits per heavy atom. The highest BCUT2D eigenvalue weighted by molar-refractivity contribution is 5.78. The highest BCUT2D eigenvalue weighted by atomic mass is 16.5. The molecule has 0 radical (unpaired) electrons. The van der Waals surface area contributed by atoms with Crippen LogP contribution >= 0.6 is 0 Å². The molecule has 5 heteroatoms. The molecule has 5 nitrogen and oxygen atoms in total. The van der Waals surface area contributed by atoms with Crippen molar-refractivity contribution in [3.8, 4) is 5.75 Å². The monoisotopic (exact) mass is 289 g/mol. The maximum absolute atomic E-state index is 12.2. The van der Waals surface area contributed by atoms with Gasteiger partial charge in [0.25, 0.3) is 5.91 Å². The lowest BCUT2D eigenvalue weighted by Crippen LogP contribution is -2.50. The van der Waals surface area contributed by atoms with Crippen molar-refractivity contribution in [3.05, 3.63) is 24.3 Å². The summed E-state index contributed by atoms with van der Waals surface area (Å²) in [4.78, 5) is 16.5. The highest BCUT2D eigenvalue weighted by Crippen LogP contribution is 2.29. The molecule has 0 spiro atoms. The summed E-state index contributed by atoms with van der Waals surface area (Å²) in [6.45, 7) is 4.85. The number of nitrogens with zero attached hydrogens (tertiary/aromatic N) is 2. The van der Waals surface area contributed by atoms with Gasteiger partial charge in [-0.15, -0.1) is 0 Å². The molecule has 0 bridgehead atoms. The lowest BCUT2D eigenvalue weighted by Gasteiger charge is -2.34. The van der Waals surface area contributed by atoms with E-state index in [1.807, 2.05) is 17.0 Å². The second-order valence-corrected chi connectivity index (χ2v) is 5.95. The predicted octanol–water partition coefficient (Wildman–Crippen LogP) is 1.20. The van der Waals surface area contributed by atoms with Crippen molar-refractivity contribution in [2.75, 3.05) is 45.1 Å². The molecule has 3 rings (SSSR count). The fourth-order valence-corrected chi connectivity index (χ4v) is 2.69. The lowest BCUT2D eigenvalue weighted by molar-refractivity contribution is -0.135. The van der Waals surface area contributed by atoms with E-state index in [2.05, 4.69) is 4.90 Å². The third kappa shape index (κ3) is 3.88. The Bertz CT molecular complexity index is 494. The number of nitrogen functional groups attached to an aromatic ring is 1. The number of para-hydroxylation sites is 2. The van der Waals surface area contributed by atoms with Crippen molar-refractivity contribution >= 4 is 11.6 Å². The fourth-order valence-electron chi connectivity index (χ4n) is 2.69. The molecule has 0 unspecified atom stereocenters. The van der Waals surface area contributed by atoms with Crippen LogP contribution in [0.1, 0.15) is 12.8 Å². The van der Waals surface area contributed by atoms with Crippen LogP contribution < -0.4 is 10.5 Å². The molecule has 1 saturated heterocycles. The third-order valence-corrected chi connectivity index (χ3v) is 4.21. The van der Waals surface area contributed by atoms with Crippen LogP contribution in [0.2, 0.25) is 0 Å². The summed E-state index contributed by atoms with van der Waals surface area (Å²) < 4.78 is 5.52. The van der Waals surface area contributed by atoms with Gasteiger partial charge in [0.1, 0.15) is 5.75 Å². The molecule has 1 aliphatic heterocycles. The first-order chi connectivity index (χ1) is 10.2. The van der Waals surface area contributed by atoms with Gasteiger partial charge in [0.2, 0.25) is 0 Å². The van der Waals surface area contributed by atoms with Crippen molar-refractivity contribution in [1.29, 1.82) is 0 Å². The van der Waals surface area contributed by atoms with E-state index in [1.165, 1.54) is 19.4 Å². The summed E-state index contributed by atoms with van der Waals surface area (Å²) in [5, 5.41) is 0. The fraction of sp³-hybridized carbons (Fsp3) is 0.562. The summed E-state index contributed by atoms with van der Waals surface area (Å²) in [7, 11) is 0. The van der Waals surface area contributed by atoms with Crippen LogP contribution in [0.5, 0.6) is 5.75 Å². The van der Waals surface area contributed by atoms with E-state index in [0.29, 0.717) is 11.4 Å². The van der Waals surface area contributed by atoms with Crippen molar-refractivity contribution in [2.24, 2.45) is 5.92 Å². The Kier molecular flexibility index (Phi) is 4.29. The van der Waals surface area contributed by atoms with Gasteiger partial charge in [0.15, 0.2) is 6.61 Å². The van der Waals surface area contributed by atoms with Gasteiger partial charge < -0.3 is 15.4 Å². The Labute approximate surface area is 125 Å². The standard InChI is InChI=1S/C16H23N3O2/c17-14-3-1-2-4-15(14)21-12-16(20)19-9-7-18(8-10-19)11-13-5-6-13/h1-4,13H,5-12,17H2. The number of hydrogen-bond donors (Lipinski definition) is 1. The number of carbonyl (C=O) groups is 1. The number of anilines is 1. The minimum Gasteiger partial charge on any atom is -0.482 e. The molecule has 114 valence electrons. The smallest absolute Gasteiger partial charge is 0.260 e. The lowest BCUT2D eigenvalue weighted by atomic mass is 10.2. The average Bonchev–Trinajstić information content (AvgIpc) is 3.31. The molecule has 0 atom stereocenters. The number of nitrogens with two attached hydrogens (primary N) is 1. The maximum Gasteiger partial charge on any atom is 0.260 e. The van der Waals surface area contributed by atoms with Crippen LogP contribution in [-0.4, -0.2) is 55.0 Å². The van der Waals surface area contributed by atoms with Crippen molar-refractivity contribution in [3.63, 3.8) is 0 Å². The number of piperazine rings is 1. The molecule has 0 aromatic heterocycles. The quantitative estimate of drug-likeness (QED) is 0.828. The molecule has 2 N–H and O–H groups in total. The van der Waals surface area contributed by atoms with Gasteiger partial charge in [0, 0.05) is 32.7 Å². The number of carbonyl (C=O) groups excluding carboxylic acids is 1. The molecule has 1 aromatic carbocycles. The number of ether oxygens (including phenoxy) is 1. The van der Waals surface area contributed by atoms with Gasteiger partial charge in [-0.3, -0.25) is 9.69 Å². The Morgan fingerprint density at radius 2 is 1.90 bits per heavy atom. The summed E-state index contributed by atoms with van der Waals surface area (Å²) in [5.74, 6) is 1.54. The Morgan fingerprint density at radius 3 is 2.57 bits per heavy atom. The topological polar surface area (TPSA) is 58.8 Å². The highest BCUT2D eigenvalue weighted by Gasteiger charge is 2.27. The van der Waals surface area contributed by atoms with Crippen LogP contribution in [0.15, 0.2) is 24.3 Å². The van der Waals surface area contributed by atoms with E-state index in [9.17, 15) is 4.79 Å². The second-order valence-electron chi connectivity index (χ2n) is 5.95. The van der Waals surface area contributed by atoms with Crippen molar-refractivity contribution < 1.29 is 9.53 Å². The molecule has 1 heterocycles. The Hall–Kier alpha value is -1.75. The zero-order chi connectivity index (χ0) is 14.7. The third-order valence-electron chi connectivity index (χ3n) is 4.21. The minimum atomic E-state index is 0.0457. The van der Waals surface area contributed by atoms with Crippen LogP contribution in [0, 0.1) is 5.92 Å². The van der Waals surface area contributed by atoms with Crippen LogP contribution in [0.25, 0.3) is 0 Å². The molecule has 21 heavy (non-hydrogen) atoms. The van der Waals surface area contributed by atoms with Gasteiger partial charge >= 0.3 is 0 Å². The van der Waals surface area contributed by atoms with Crippen LogP contribution in [-0.2, 0) is 4.79 Å². The molecule has 1 amide bonds. The second kappa shape index (κ2) is 6.35. The number of benzene rings is 1. The first kappa shape index (κ1) is 14.2. The molecule has 2 aliphatic rings. The van der Waals surface area contributed by atoms with Crippen LogP contribution in [0.4, 0.5) is 5.69 Å². The number of hydrogen-bond acceptors (Lipinski definition) is 4. The molecule has 2 fully saturated rings. The van der Waals surface area contributed by atoms with Gasteiger partial charge in [0.05, 0.1) is 5.69 Å².